The van der Waals surface area contributed by atoms with E-state index in [2.05, 4.69) is 11.2 Å². The van der Waals surface area contributed by atoms with E-state index in [9.17, 15) is 4.79 Å². The van der Waals surface area contributed by atoms with Crippen molar-refractivity contribution in [3.8, 4) is 6.07 Å². The number of carbonyl (C=O) groups is 1. The second kappa shape index (κ2) is 5.67. The Hall–Kier alpha value is -2.81. The first-order valence-electron chi connectivity index (χ1n) is 6.60. The Morgan fingerprint density at radius 3 is 2.86 bits per heavy atom. The maximum Gasteiger partial charge on any atom is 0.278 e. The molecule has 0 unspecified atom stereocenters. The molecule has 0 atom stereocenters. The molecule has 6 heteroatoms. The molecule has 0 radical (unpaired) electrons. The van der Waals surface area contributed by atoms with Crippen molar-refractivity contribution in [1.82, 2.24) is 9.78 Å². The largest absolute Gasteiger partial charge is 0.395 e. The highest BCUT2D eigenvalue weighted by atomic mass is 16.2. The van der Waals surface area contributed by atoms with Gasteiger partial charge < -0.3 is 10.6 Å². The fourth-order valence-electron chi connectivity index (χ4n) is 2.11. The summed E-state index contributed by atoms with van der Waals surface area (Å²) in [4.78, 5) is 14.1. The molecule has 0 saturated carbocycles. The molecule has 1 aromatic carbocycles. The molecule has 6 nitrogen and oxygen atoms in total. The van der Waals surface area contributed by atoms with Crippen molar-refractivity contribution in [3.05, 3.63) is 41.2 Å². The van der Waals surface area contributed by atoms with Crippen LogP contribution < -0.4 is 10.6 Å². The van der Waals surface area contributed by atoms with Gasteiger partial charge in [0.25, 0.3) is 5.91 Å². The van der Waals surface area contributed by atoms with Crippen molar-refractivity contribution in [2.75, 3.05) is 17.7 Å². The minimum Gasteiger partial charge on any atom is -0.395 e. The highest BCUT2D eigenvalue weighted by Gasteiger charge is 2.23. The first kappa shape index (κ1) is 14.6. The zero-order chi connectivity index (χ0) is 15.6. The number of amides is 1. The maximum atomic E-state index is 12.7. The summed E-state index contributed by atoms with van der Waals surface area (Å²) in [6.45, 7) is 4.23. The summed E-state index contributed by atoms with van der Waals surface area (Å²) in [6.07, 6.45) is 0. The van der Waals surface area contributed by atoms with Gasteiger partial charge in [-0.05, 0) is 32.0 Å². The molecule has 0 saturated heterocycles. The SMILES string of the molecule is CCn1nc(C)c(N)c1C(=O)N(C)c1cccc(C#N)c1. The number of carbonyl (C=O) groups excluding carboxylic acids is 1. The smallest absolute Gasteiger partial charge is 0.278 e. The molecule has 1 amide bonds. The van der Waals surface area contributed by atoms with Gasteiger partial charge in [-0.15, -0.1) is 0 Å². The van der Waals surface area contributed by atoms with E-state index in [-0.39, 0.29) is 5.91 Å². The van der Waals surface area contributed by atoms with Gasteiger partial charge in [0.2, 0.25) is 0 Å². The van der Waals surface area contributed by atoms with Crippen LogP contribution in [0, 0.1) is 18.3 Å². The van der Waals surface area contributed by atoms with Crippen LogP contribution in [0.15, 0.2) is 24.3 Å². The van der Waals surface area contributed by atoms with Crippen molar-refractivity contribution < 1.29 is 4.79 Å². The highest BCUT2D eigenvalue weighted by molar-refractivity contribution is 6.08. The third kappa shape index (κ3) is 2.58. The van der Waals surface area contributed by atoms with Crippen molar-refractivity contribution in [2.24, 2.45) is 0 Å². The van der Waals surface area contributed by atoms with Gasteiger partial charge in [-0.3, -0.25) is 9.48 Å². The molecule has 1 heterocycles. The zero-order valence-electron chi connectivity index (χ0n) is 12.3. The molecule has 0 fully saturated rings. The van der Waals surface area contributed by atoms with E-state index in [1.807, 2.05) is 6.92 Å². The van der Waals surface area contributed by atoms with Crippen LogP contribution in [0.25, 0.3) is 0 Å². The number of aromatic nitrogens is 2. The number of nitrogens with zero attached hydrogens (tertiary/aromatic N) is 4. The van der Waals surface area contributed by atoms with Crippen LogP contribution in [0.4, 0.5) is 11.4 Å². The van der Waals surface area contributed by atoms with E-state index in [0.717, 1.165) is 0 Å². The van der Waals surface area contributed by atoms with Gasteiger partial charge in [-0.1, -0.05) is 6.07 Å². The van der Waals surface area contributed by atoms with Gasteiger partial charge in [0.05, 0.1) is 23.0 Å². The Bertz CT molecular complexity index is 726. The Labute approximate surface area is 123 Å². The first-order chi connectivity index (χ1) is 9.99. The van der Waals surface area contributed by atoms with Crippen LogP contribution in [0.5, 0.6) is 0 Å². The number of aryl methyl sites for hydroxylation is 2. The van der Waals surface area contributed by atoms with E-state index in [1.165, 1.54) is 4.90 Å². The number of benzene rings is 1. The van der Waals surface area contributed by atoms with Crippen molar-refractivity contribution in [1.29, 1.82) is 5.26 Å². The molecular formula is C15H17N5O. The Balaban J connectivity index is 2.42. The molecule has 108 valence electrons. The summed E-state index contributed by atoms with van der Waals surface area (Å²) >= 11 is 0. The van der Waals surface area contributed by atoms with Gasteiger partial charge in [-0.2, -0.15) is 10.4 Å². The van der Waals surface area contributed by atoms with Crippen LogP contribution in [-0.4, -0.2) is 22.7 Å². The first-order valence-corrected chi connectivity index (χ1v) is 6.60. The number of hydrogen-bond acceptors (Lipinski definition) is 4. The van der Waals surface area contributed by atoms with Gasteiger partial charge in [-0.25, -0.2) is 0 Å². The molecule has 2 N–H and O–H groups in total. The lowest BCUT2D eigenvalue weighted by molar-refractivity contribution is 0.0983. The lowest BCUT2D eigenvalue weighted by Crippen LogP contribution is -2.29. The normalized spacial score (nSPS) is 10.2. The topological polar surface area (TPSA) is 87.9 Å². The van der Waals surface area contributed by atoms with Gasteiger partial charge >= 0.3 is 0 Å². The van der Waals surface area contributed by atoms with Gasteiger partial charge in [0.15, 0.2) is 0 Å². The lowest BCUT2D eigenvalue weighted by atomic mass is 10.2. The number of rotatable bonds is 3. The minimum absolute atomic E-state index is 0.245. The predicted octanol–water partition coefficient (Wildman–Crippen LogP) is 1.94. The van der Waals surface area contributed by atoms with Crippen LogP contribution in [0.1, 0.15) is 28.7 Å². The van der Waals surface area contributed by atoms with Crippen LogP contribution in [0.2, 0.25) is 0 Å². The Kier molecular flexibility index (Phi) is 3.94. The summed E-state index contributed by atoms with van der Waals surface area (Å²) in [5, 5.41) is 13.2. The summed E-state index contributed by atoms with van der Waals surface area (Å²) in [6, 6.07) is 8.92. The van der Waals surface area contributed by atoms with Crippen molar-refractivity contribution in [2.45, 2.75) is 20.4 Å². The molecule has 2 aromatic rings. The Morgan fingerprint density at radius 2 is 2.24 bits per heavy atom. The standard InChI is InChI=1S/C15H17N5O/c1-4-20-14(13(17)10(2)18-20)15(21)19(3)12-7-5-6-11(8-12)9-16/h5-8H,4,17H2,1-3H3. The van der Waals surface area contributed by atoms with E-state index in [1.54, 1.807) is 42.9 Å². The molecule has 1 aromatic heterocycles. The molecule has 0 spiro atoms. The third-order valence-corrected chi connectivity index (χ3v) is 3.34. The van der Waals surface area contributed by atoms with Crippen LogP contribution in [0.3, 0.4) is 0 Å². The molecule has 21 heavy (non-hydrogen) atoms. The minimum atomic E-state index is -0.245. The summed E-state index contributed by atoms with van der Waals surface area (Å²) in [5.74, 6) is -0.245. The number of hydrogen-bond donors (Lipinski definition) is 1. The summed E-state index contributed by atoms with van der Waals surface area (Å²) in [5.41, 5.74) is 8.51. The van der Waals surface area contributed by atoms with Crippen LogP contribution >= 0.6 is 0 Å². The number of anilines is 2. The lowest BCUT2D eigenvalue weighted by Gasteiger charge is -2.18. The Morgan fingerprint density at radius 1 is 1.52 bits per heavy atom. The maximum absolute atomic E-state index is 12.7. The monoisotopic (exact) mass is 283 g/mol. The second-order valence-electron chi connectivity index (χ2n) is 4.69. The number of nitrogens with two attached hydrogens (primary N) is 1. The fourth-order valence-corrected chi connectivity index (χ4v) is 2.11. The molecule has 0 bridgehead atoms. The average molecular weight is 283 g/mol. The highest BCUT2D eigenvalue weighted by Crippen LogP contribution is 2.22. The van der Waals surface area contributed by atoms with E-state index >= 15 is 0 Å². The summed E-state index contributed by atoms with van der Waals surface area (Å²) < 4.78 is 1.59. The van der Waals surface area contributed by atoms with Crippen LogP contribution in [-0.2, 0) is 6.54 Å². The van der Waals surface area contributed by atoms with Gasteiger partial charge in [0.1, 0.15) is 5.69 Å². The average Bonchev–Trinajstić information content (AvgIpc) is 2.80. The van der Waals surface area contributed by atoms with E-state index < -0.39 is 0 Å². The molecule has 2 rings (SSSR count). The third-order valence-electron chi connectivity index (χ3n) is 3.34. The molecule has 0 aliphatic heterocycles. The second-order valence-corrected chi connectivity index (χ2v) is 4.69. The van der Waals surface area contributed by atoms with E-state index in [0.29, 0.717) is 34.9 Å². The zero-order valence-corrected chi connectivity index (χ0v) is 12.3. The number of nitrogen functional groups attached to an aromatic ring is 1. The fraction of sp³-hybridized carbons (Fsp3) is 0.267. The molecular weight excluding hydrogens is 266 g/mol. The number of nitriles is 1. The van der Waals surface area contributed by atoms with Crippen molar-refractivity contribution >= 4 is 17.3 Å². The van der Waals surface area contributed by atoms with Crippen molar-refractivity contribution in [3.63, 3.8) is 0 Å². The van der Waals surface area contributed by atoms with E-state index in [4.69, 9.17) is 11.0 Å². The predicted molar refractivity (Wildman–Crippen MR) is 80.9 cm³/mol. The van der Waals surface area contributed by atoms with Gasteiger partial charge in [0, 0.05) is 19.3 Å². The molecule has 0 aliphatic rings. The molecule has 0 aliphatic carbocycles. The quantitative estimate of drug-likeness (QED) is 0.932. The summed E-state index contributed by atoms with van der Waals surface area (Å²) in [7, 11) is 1.65.